The van der Waals surface area contributed by atoms with E-state index in [2.05, 4.69) is 15.0 Å². The minimum atomic E-state index is 0.766. The maximum Gasteiger partial charge on any atom is 0.0980 e. The molecule has 0 spiro atoms. The predicted octanol–water partition coefficient (Wildman–Crippen LogP) is 6.39. The van der Waals surface area contributed by atoms with Crippen LogP contribution < -0.4 is 0 Å². The summed E-state index contributed by atoms with van der Waals surface area (Å²) in [5, 5.41) is 0. The van der Waals surface area contributed by atoms with Gasteiger partial charge in [-0.2, -0.15) is 0 Å². The van der Waals surface area contributed by atoms with Gasteiger partial charge in [0.2, 0.25) is 0 Å². The molecule has 0 aliphatic rings. The molecule has 0 bridgehead atoms. The Morgan fingerprint density at radius 3 is 1.17 bits per heavy atom. The third-order valence-electron chi connectivity index (χ3n) is 5.84. The molecular formula is C30H20N6. The SMILES string of the molecule is c1ccc(-c2cccnc2-c2cccnc2-c2cccnc2-c2cccnc2-c2ccccn2)nc1. The second kappa shape index (κ2) is 9.64. The highest BCUT2D eigenvalue weighted by Crippen LogP contribution is 2.39. The van der Waals surface area contributed by atoms with Crippen LogP contribution in [0.15, 0.2) is 122 Å². The molecule has 0 N–H and O–H groups in total. The minimum absolute atomic E-state index is 0.766. The van der Waals surface area contributed by atoms with Crippen LogP contribution in [0.1, 0.15) is 0 Å². The molecule has 0 atom stereocenters. The lowest BCUT2D eigenvalue weighted by Crippen LogP contribution is -1.98. The van der Waals surface area contributed by atoms with E-state index in [0.717, 1.165) is 56.4 Å². The summed E-state index contributed by atoms with van der Waals surface area (Å²) in [7, 11) is 0. The number of pyridine rings is 6. The maximum absolute atomic E-state index is 4.81. The lowest BCUT2D eigenvalue weighted by Gasteiger charge is -2.15. The van der Waals surface area contributed by atoms with Crippen molar-refractivity contribution in [2.45, 2.75) is 0 Å². The molecule has 0 fully saturated rings. The van der Waals surface area contributed by atoms with E-state index in [1.807, 2.05) is 84.9 Å². The average Bonchev–Trinajstić information content (AvgIpc) is 2.98. The smallest absolute Gasteiger partial charge is 0.0980 e. The van der Waals surface area contributed by atoms with Crippen molar-refractivity contribution >= 4 is 0 Å². The van der Waals surface area contributed by atoms with E-state index in [1.165, 1.54) is 0 Å². The van der Waals surface area contributed by atoms with E-state index in [4.69, 9.17) is 15.0 Å². The van der Waals surface area contributed by atoms with Gasteiger partial charge in [-0.15, -0.1) is 0 Å². The van der Waals surface area contributed by atoms with Gasteiger partial charge in [-0.1, -0.05) is 12.1 Å². The molecule has 0 saturated carbocycles. The highest BCUT2D eigenvalue weighted by molar-refractivity contribution is 5.93. The van der Waals surface area contributed by atoms with Crippen LogP contribution >= 0.6 is 0 Å². The quantitative estimate of drug-likeness (QED) is 0.294. The number of hydrogen-bond acceptors (Lipinski definition) is 6. The van der Waals surface area contributed by atoms with Crippen molar-refractivity contribution in [1.29, 1.82) is 0 Å². The van der Waals surface area contributed by atoms with Crippen LogP contribution in [-0.2, 0) is 0 Å². The van der Waals surface area contributed by atoms with Crippen LogP contribution in [0.5, 0.6) is 0 Å². The fourth-order valence-electron chi connectivity index (χ4n) is 4.27. The van der Waals surface area contributed by atoms with Gasteiger partial charge in [-0.05, 0) is 72.8 Å². The van der Waals surface area contributed by atoms with Gasteiger partial charge < -0.3 is 0 Å². The van der Waals surface area contributed by atoms with Crippen LogP contribution in [0, 0.1) is 0 Å². The van der Waals surface area contributed by atoms with Gasteiger partial charge in [0.15, 0.2) is 0 Å². The molecule has 170 valence electrons. The molecule has 0 unspecified atom stereocenters. The van der Waals surface area contributed by atoms with Crippen molar-refractivity contribution in [3.8, 4) is 56.4 Å². The van der Waals surface area contributed by atoms with Crippen molar-refractivity contribution in [3.05, 3.63) is 122 Å². The molecule has 36 heavy (non-hydrogen) atoms. The van der Waals surface area contributed by atoms with Gasteiger partial charge in [0.25, 0.3) is 0 Å². The normalized spacial score (nSPS) is 10.8. The van der Waals surface area contributed by atoms with Crippen molar-refractivity contribution < 1.29 is 0 Å². The Morgan fingerprint density at radius 1 is 0.278 bits per heavy atom. The Hall–Kier alpha value is -5.10. The lowest BCUT2D eigenvalue weighted by atomic mass is 9.95. The molecule has 0 aromatic carbocycles. The van der Waals surface area contributed by atoms with Crippen LogP contribution in [0.25, 0.3) is 56.4 Å². The molecule has 6 aromatic rings. The predicted molar refractivity (Wildman–Crippen MR) is 140 cm³/mol. The van der Waals surface area contributed by atoms with Gasteiger partial charge in [0.05, 0.1) is 34.2 Å². The van der Waals surface area contributed by atoms with E-state index in [0.29, 0.717) is 0 Å². The molecule has 0 radical (unpaired) electrons. The average molecular weight is 465 g/mol. The molecule has 0 aliphatic heterocycles. The molecule has 6 rings (SSSR count). The van der Waals surface area contributed by atoms with Crippen molar-refractivity contribution in [3.63, 3.8) is 0 Å². The Morgan fingerprint density at radius 2 is 0.667 bits per heavy atom. The summed E-state index contributed by atoms with van der Waals surface area (Å²) in [6.45, 7) is 0. The summed E-state index contributed by atoms with van der Waals surface area (Å²) >= 11 is 0. The third-order valence-corrected chi connectivity index (χ3v) is 5.84. The second-order valence-corrected chi connectivity index (χ2v) is 8.03. The largest absolute Gasteiger partial charge is 0.256 e. The zero-order valence-electron chi connectivity index (χ0n) is 19.2. The summed E-state index contributed by atoms with van der Waals surface area (Å²) in [5.41, 5.74) is 8.39. The number of nitrogens with zero attached hydrogens (tertiary/aromatic N) is 6. The molecule has 0 amide bonds. The molecule has 6 heteroatoms. The molecule has 6 aromatic heterocycles. The summed E-state index contributed by atoms with van der Waals surface area (Å²) in [6.07, 6.45) is 10.7. The standard InChI is InChI=1S/C30H20N6/c1-3-15-31-25(13-1)21-9-5-17-33-27(21)22-10-6-18-34-28(22)23-11-7-19-35-29(23)24-12-8-20-36-30(24)26-14-2-4-16-32-26/h1-20H. The third kappa shape index (κ3) is 4.01. The summed E-state index contributed by atoms with van der Waals surface area (Å²) in [6, 6.07) is 27.5. The van der Waals surface area contributed by atoms with E-state index >= 15 is 0 Å². The Kier molecular flexibility index (Phi) is 5.74. The molecule has 0 aliphatic carbocycles. The zero-order valence-corrected chi connectivity index (χ0v) is 19.2. The molecular weight excluding hydrogens is 444 g/mol. The van der Waals surface area contributed by atoms with Crippen molar-refractivity contribution in [2.24, 2.45) is 0 Å². The van der Waals surface area contributed by atoms with E-state index in [-0.39, 0.29) is 0 Å². The number of hydrogen-bond donors (Lipinski definition) is 0. The van der Waals surface area contributed by atoms with Crippen molar-refractivity contribution in [1.82, 2.24) is 29.9 Å². The zero-order chi connectivity index (χ0) is 24.2. The molecule has 6 heterocycles. The first-order valence-electron chi connectivity index (χ1n) is 11.5. The highest BCUT2D eigenvalue weighted by Gasteiger charge is 2.20. The Balaban J connectivity index is 1.56. The van der Waals surface area contributed by atoms with Gasteiger partial charge in [0, 0.05) is 59.4 Å². The topological polar surface area (TPSA) is 77.3 Å². The van der Waals surface area contributed by atoms with Gasteiger partial charge in [0.1, 0.15) is 0 Å². The van der Waals surface area contributed by atoms with Gasteiger partial charge in [-0.25, -0.2) is 0 Å². The first kappa shape index (κ1) is 21.4. The van der Waals surface area contributed by atoms with E-state index < -0.39 is 0 Å². The maximum atomic E-state index is 4.81. The van der Waals surface area contributed by atoms with Gasteiger partial charge in [-0.3, -0.25) is 29.9 Å². The lowest BCUT2D eigenvalue weighted by molar-refractivity contribution is 1.22. The van der Waals surface area contributed by atoms with Crippen molar-refractivity contribution in [2.75, 3.05) is 0 Å². The summed E-state index contributed by atoms with van der Waals surface area (Å²) in [5.74, 6) is 0. The van der Waals surface area contributed by atoms with Crippen LogP contribution in [0.3, 0.4) is 0 Å². The fourth-order valence-corrected chi connectivity index (χ4v) is 4.27. The van der Waals surface area contributed by atoms with Crippen LogP contribution in [0.4, 0.5) is 0 Å². The minimum Gasteiger partial charge on any atom is -0.256 e. The second-order valence-electron chi connectivity index (χ2n) is 8.03. The monoisotopic (exact) mass is 464 g/mol. The first-order chi connectivity index (χ1) is 17.9. The molecule has 6 nitrogen and oxygen atoms in total. The highest BCUT2D eigenvalue weighted by atomic mass is 14.8. The fraction of sp³-hybridized carbons (Fsp3) is 0. The van der Waals surface area contributed by atoms with Gasteiger partial charge >= 0.3 is 0 Å². The van der Waals surface area contributed by atoms with E-state index in [9.17, 15) is 0 Å². The molecule has 0 saturated heterocycles. The summed E-state index contributed by atoms with van der Waals surface area (Å²) < 4.78 is 0. The first-order valence-corrected chi connectivity index (χ1v) is 11.5. The Labute approximate surface area is 208 Å². The van der Waals surface area contributed by atoms with Crippen LogP contribution in [0.2, 0.25) is 0 Å². The number of aromatic nitrogens is 6. The van der Waals surface area contributed by atoms with Crippen LogP contribution in [-0.4, -0.2) is 29.9 Å². The Bertz CT molecular complexity index is 1510. The summed E-state index contributed by atoms with van der Waals surface area (Å²) in [4.78, 5) is 28.1. The van der Waals surface area contributed by atoms with E-state index in [1.54, 1.807) is 37.2 Å². The number of rotatable bonds is 5.